The van der Waals surface area contributed by atoms with Crippen molar-refractivity contribution in [1.29, 1.82) is 0 Å². The van der Waals surface area contributed by atoms with Crippen LogP contribution in [0, 0.1) is 5.82 Å². The Balaban J connectivity index is 2.05. The number of rotatable bonds is 4. The van der Waals surface area contributed by atoms with E-state index in [0.29, 0.717) is 6.54 Å². The second-order valence-corrected chi connectivity index (χ2v) is 5.41. The SMILES string of the molecule is CC(C)(CNC(=O)c1ccccc1F)c1ccccc1. The smallest absolute Gasteiger partial charge is 0.254 e. The lowest BCUT2D eigenvalue weighted by molar-refractivity contribution is 0.0941. The highest BCUT2D eigenvalue weighted by atomic mass is 19.1. The van der Waals surface area contributed by atoms with Crippen LogP contribution in [0.2, 0.25) is 0 Å². The summed E-state index contributed by atoms with van der Waals surface area (Å²) < 4.78 is 13.5. The van der Waals surface area contributed by atoms with Crippen LogP contribution in [0.3, 0.4) is 0 Å². The summed E-state index contributed by atoms with van der Waals surface area (Å²) >= 11 is 0. The van der Waals surface area contributed by atoms with Crippen LogP contribution >= 0.6 is 0 Å². The van der Waals surface area contributed by atoms with Crippen molar-refractivity contribution in [1.82, 2.24) is 5.32 Å². The summed E-state index contributed by atoms with van der Waals surface area (Å²) in [5.41, 5.74) is 1.01. The lowest BCUT2D eigenvalue weighted by Crippen LogP contribution is -2.37. The van der Waals surface area contributed by atoms with Gasteiger partial charge in [0.05, 0.1) is 5.56 Å². The highest BCUT2D eigenvalue weighted by molar-refractivity contribution is 5.94. The summed E-state index contributed by atoms with van der Waals surface area (Å²) in [5, 5.41) is 2.80. The minimum atomic E-state index is -0.498. The topological polar surface area (TPSA) is 29.1 Å². The van der Waals surface area contributed by atoms with Gasteiger partial charge in [0.25, 0.3) is 5.91 Å². The zero-order valence-electron chi connectivity index (χ0n) is 11.7. The van der Waals surface area contributed by atoms with Gasteiger partial charge in [0.15, 0.2) is 0 Å². The average Bonchev–Trinajstić information content (AvgIpc) is 2.46. The van der Waals surface area contributed by atoms with Crippen LogP contribution in [0.15, 0.2) is 54.6 Å². The second-order valence-electron chi connectivity index (χ2n) is 5.41. The molecule has 0 unspecified atom stereocenters. The Morgan fingerprint density at radius 3 is 2.30 bits per heavy atom. The zero-order valence-corrected chi connectivity index (χ0v) is 11.7. The van der Waals surface area contributed by atoms with Gasteiger partial charge in [0, 0.05) is 12.0 Å². The summed E-state index contributed by atoms with van der Waals surface area (Å²) in [6.07, 6.45) is 0. The normalized spacial score (nSPS) is 11.2. The number of halogens is 1. The van der Waals surface area contributed by atoms with Gasteiger partial charge < -0.3 is 5.32 Å². The minimum Gasteiger partial charge on any atom is -0.351 e. The van der Waals surface area contributed by atoms with Crippen molar-refractivity contribution in [2.75, 3.05) is 6.54 Å². The van der Waals surface area contributed by atoms with Crippen molar-refractivity contribution in [3.05, 3.63) is 71.5 Å². The number of hydrogen-bond acceptors (Lipinski definition) is 1. The van der Waals surface area contributed by atoms with Gasteiger partial charge >= 0.3 is 0 Å². The molecule has 0 aliphatic heterocycles. The van der Waals surface area contributed by atoms with E-state index in [1.807, 2.05) is 44.2 Å². The minimum absolute atomic E-state index is 0.0800. The van der Waals surface area contributed by atoms with Crippen LogP contribution in [-0.2, 0) is 5.41 Å². The fourth-order valence-corrected chi connectivity index (χ4v) is 2.03. The largest absolute Gasteiger partial charge is 0.351 e. The Kier molecular flexibility index (Phi) is 4.18. The van der Waals surface area contributed by atoms with Crippen LogP contribution in [-0.4, -0.2) is 12.5 Å². The third-order valence-electron chi connectivity index (χ3n) is 3.36. The molecule has 0 saturated carbocycles. The molecule has 0 saturated heterocycles. The number of nitrogens with one attached hydrogen (secondary N) is 1. The maximum absolute atomic E-state index is 13.5. The van der Waals surface area contributed by atoms with Gasteiger partial charge in [0.1, 0.15) is 5.82 Å². The molecule has 0 atom stereocenters. The van der Waals surface area contributed by atoms with Gasteiger partial charge in [-0.15, -0.1) is 0 Å². The fourth-order valence-electron chi connectivity index (χ4n) is 2.03. The van der Waals surface area contributed by atoms with Gasteiger partial charge in [-0.3, -0.25) is 4.79 Å². The lowest BCUT2D eigenvalue weighted by atomic mass is 9.84. The Hall–Kier alpha value is -2.16. The van der Waals surface area contributed by atoms with E-state index in [-0.39, 0.29) is 16.9 Å². The lowest BCUT2D eigenvalue weighted by Gasteiger charge is -2.25. The standard InChI is InChI=1S/C17H18FNO/c1-17(2,13-8-4-3-5-9-13)12-19-16(20)14-10-6-7-11-15(14)18/h3-11H,12H2,1-2H3,(H,19,20). The molecule has 0 radical (unpaired) electrons. The first-order valence-electron chi connectivity index (χ1n) is 6.59. The molecule has 0 aromatic heterocycles. The monoisotopic (exact) mass is 271 g/mol. The van der Waals surface area contributed by atoms with Crippen LogP contribution in [0.1, 0.15) is 29.8 Å². The predicted molar refractivity (Wildman–Crippen MR) is 78.2 cm³/mol. The van der Waals surface area contributed by atoms with E-state index in [0.717, 1.165) is 5.56 Å². The van der Waals surface area contributed by atoms with E-state index in [1.165, 1.54) is 12.1 Å². The molecule has 0 spiro atoms. The summed E-state index contributed by atoms with van der Waals surface area (Å²) in [7, 11) is 0. The van der Waals surface area contributed by atoms with Crippen molar-refractivity contribution in [3.63, 3.8) is 0 Å². The first-order valence-corrected chi connectivity index (χ1v) is 6.59. The fraction of sp³-hybridized carbons (Fsp3) is 0.235. The highest BCUT2D eigenvalue weighted by Gasteiger charge is 2.22. The molecule has 104 valence electrons. The number of benzene rings is 2. The Morgan fingerprint density at radius 2 is 1.65 bits per heavy atom. The van der Waals surface area contributed by atoms with E-state index in [2.05, 4.69) is 5.32 Å². The molecule has 1 amide bonds. The maximum atomic E-state index is 13.5. The zero-order chi connectivity index (χ0) is 14.6. The van der Waals surface area contributed by atoms with Crippen molar-refractivity contribution in [2.45, 2.75) is 19.3 Å². The number of carbonyl (C=O) groups is 1. The number of amides is 1. The van der Waals surface area contributed by atoms with Crippen molar-refractivity contribution in [2.24, 2.45) is 0 Å². The summed E-state index contributed by atoms with van der Waals surface area (Å²) in [5.74, 6) is -0.880. The first kappa shape index (κ1) is 14.3. The molecule has 2 aromatic carbocycles. The molecule has 0 bridgehead atoms. The van der Waals surface area contributed by atoms with Crippen LogP contribution < -0.4 is 5.32 Å². The first-order chi connectivity index (χ1) is 9.50. The molecule has 0 aliphatic rings. The third kappa shape index (κ3) is 3.23. The van der Waals surface area contributed by atoms with E-state index in [4.69, 9.17) is 0 Å². The highest BCUT2D eigenvalue weighted by Crippen LogP contribution is 2.21. The molecule has 3 heteroatoms. The van der Waals surface area contributed by atoms with Crippen molar-refractivity contribution >= 4 is 5.91 Å². The number of hydrogen-bond donors (Lipinski definition) is 1. The molecule has 2 nitrogen and oxygen atoms in total. The summed E-state index contributed by atoms with van der Waals surface area (Å²) in [4.78, 5) is 12.0. The second kappa shape index (κ2) is 5.87. The molecule has 2 rings (SSSR count). The molecule has 20 heavy (non-hydrogen) atoms. The quantitative estimate of drug-likeness (QED) is 0.905. The van der Waals surface area contributed by atoms with Crippen LogP contribution in [0.4, 0.5) is 4.39 Å². The Morgan fingerprint density at radius 1 is 1.05 bits per heavy atom. The van der Waals surface area contributed by atoms with E-state index >= 15 is 0 Å². The summed E-state index contributed by atoms with van der Waals surface area (Å²) in [6, 6.07) is 15.9. The van der Waals surface area contributed by atoms with Crippen LogP contribution in [0.25, 0.3) is 0 Å². The van der Waals surface area contributed by atoms with E-state index < -0.39 is 5.82 Å². The van der Waals surface area contributed by atoms with Gasteiger partial charge in [-0.05, 0) is 17.7 Å². The molecular formula is C17H18FNO. The molecule has 0 heterocycles. The molecule has 0 aliphatic carbocycles. The van der Waals surface area contributed by atoms with Crippen molar-refractivity contribution < 1.29 is 9.18 Å². The van der Waals surface area contributed by atoms with Crippen LogP contribution in [0.5, 0.6) is 0 Å². The Bertz CT molecular complexity index is 593. The summed E-state index contributed by atoms with van der Waals surface area (Å²) in [6.45, 7) is 4.54. The van der Waals surface area contributed by atoms with Crippen molar-refractivity contribution in [3.8, 4) is 0 Å². The molecule has 2 aromatic rings. The van der Waals surface area contributed by atoms with E-state index in [1.54, 1.807) is 12.1 Å². The number of carbonyl (C=O) groups excluding carboxylic acids is 1. The van der Waals surface area contributed by atoms with Gasteiger partial charge in [0.2, 0.25) is 0 Å². The Labute approximate surface area is 118 Å². The van der Waals surface area contributed by atoms with Gasteiger partial charge in [-0.25, -0.2) is 4.39 Å². The maximum Gasteiger partial charge on any atom is 0.254 e. The molecular weight excluding hydrogens is 253 g/mol. The van der Waals surface area contributed by atoms with Gasteiger partial charge in [-0.2, -0.15) is 0 Å². The third-order valence-corrected chi connectivity index (χ3v) is 3.36. The van der Waals surface area contributed by atoms with E-state index in [9.17, 15) is 9.18 Å². The molecule has 1 N–H and O–H groups in total. The van der Waals surface area contributed by atoms with Gasteiger partial charge in [-0.1, -0.05) is 56.3 Å². The average molecular weight is 271 g/mol. The predicted octanol–water partition coefficient (Wildman–Crippen LogP) is 3.53. The molecule has 0 fully saturated rings.